The molecule has 1 heterocycles. The molecular formula is C22H28O8. The highest BCUT2D eigenvalue weighted by atomic mass is 16.6. The van der Waals surface area contributed by atoms with Crippen molar-refractivity contribution in [3.8, 4) is 11.5 Å². The van der Waals surface area contributed by atoms with Crippen LogP contribution in [0.15, 0.2) is 17.7 Å². The standard InChI is InChI=1S/C20H22O8.C2H6/c1-11-13-10-28-17(21)16(13)15(7-14(11)24-2)27-9-12-5-6-20(8-12,18(22)25-3)19(23)26-4;1-2/h5,7H,6,8-10H2,1-4H3;1-2H3. The maximum Gasteiger partial charge on any atom is 0.342 e. The maximum atomic E-state index is 12.2. The summed E-state index contributed by atoms with van der Waals surface area (Å²) in [7, 11) is 4.00. The molecule has 0 amide bonds. The van der Waals surface area contributed by atoms with E-state index >= 15 is 0 Å². The molecule has 0 fully saturated rings. The van der Waals surface area contributed by atoms with Gasteiger partial charge in [0.05, 0.1) is 21.3 Å². The van der Waals surface area contributed by atoms with Crippen molar-refractivity contribution < 1.29 is 38.1 Å². The lowest BCUT2D eigenvalue weighted by atomic mass is 9.84. The SMILES string of the molecule is CC.COC(=O)C1(C(=O)OC)CC=C(COc2cc(OC)c(C)c3c2C(=O)OC3)C1. The summed E-state index contributed by atoms with van der Waals surface area (Å²) in [5, 5.41) is 0. The fourth-order valence-electron chi connectivity index (χ4n) is 3.64. The molecule has 0 radical (unpaired) electrons. The molecule has 1 aliphatic heterocycles. The third-order valence-corrected chi connectivity index (χ3v) is 5.24. The number of methoxy groups -OCH3 is 3. The molecular weight excluding hydrogens is 392 g/mol. The smallest absolute Gasteiger partial charge is 0.342 e. The minimum atomic E-state index is -1.39. The molecule has 0 aromatic heterocycles. The van der Waals surface area contributed by atoms with Crippen LogP contribution in [-0.4, -0.2) is 45.8 Å². The summed E-state index contributed by atoms with van der Waals surface area (Å²) < 4.78 is 26.0. The highest BCUT2D eigenvalue weighted by molar-refractivity contribution is 6.01. The van der Waals surface area contributed by atoms with Crippen LogP contribution in [0.3, 0.4) is 0 Å². The second-order valence-corrected chi connectivity index (χ2v) is 6.73. The van der Waals surface area contributed by atoms with Gasteiger partial charge in [-0.15, -0.1) is 0 Å². The summed E-state index contributed by atoms with van der Waals surface area (Å²) in [6, 6.07) is 1.64. The Bertz CT molecular complexity index is 852. The predicted octanol–water partition coefficient (Wildman–Crippen LogP) is 3.13. The monoisotopic (exact) mass is 420 g/mol. The molecule has 0 saturated heterocycles. The molecule has 0 N–H and O–H groups in total. The molecule has 1 aromatic rings. The Kier molecular flexibility index (Phi) is 7.48. The van der Waals surface area contributed by atoms with E-state index in [1.807, 2.05) is 20.8 Å². The molecule has 0 bridgehead atoms. The molecule has 2 aliphatic rings. The van der Waals surface area contributed by atoms with Gasteiger partial charge in [-0.2, -0.15) is 0 Å². The highest BCUT2D eigenvalue weighted by Crippen LogP contribution is 2.41. The number of carbonyl (C=O) groups excluding carboxylic acids is 3. The number of hydrogen-bond donors (Lipinski definition) is 0. The number of benzene rings is 1. The van der Waals surface area contributed by atoms with Crippen LogP contribution in [0.25, 0.3) is 0 Å². The highest BCUT2D eigenvalue weighted by Gasteiger charge is 2.51. The van der Waals surface area contributed by atoms with Crippen LogP contribution in [0.4, 0.5) is 0 Å². The molecule has 3 rings (SSSR count). The van der Waals surface area contributed by atoms with Crippen molar-refractivity contribution in [3.05, 3.63) is 34.4 Å². The molecule has 1 aromatic carbocycles. The second kappa shape index (κ2) is 9.65. The molecule has 0 atom stereocenters. The Balaban J connectivity index is 0.00000155. The normalized spacial score (nSPS) is 15.8. The van der Waals surface area contributed by atoms with Gasteiger partial charge in [-0.1, -0.05) is 19.9 Å². The minimum absolute atomic E-state index is 0.0989. The van der Waals surface area contributed by atoms with Gasteiger partial charge in [0, 0.05) is 11.6 Å². The summed E-state index contributed by atoms with van der Waals surface area (Å²) in [4.78, 5) is 36.5. The zero-order valence-electron chi connectivity index (χ0n) is 18.2. The number of esters is 3. The van der Waals surface area contributed by atoms with Crippen molar-refractivity contribution in [2.75, 3.05) is 27.9 Å². The van der Waals surface area contributed by atoms with E-state index in [-0.39, 0.29) is 26.1 Å². The van der Waals surface area contributed by atoms with E-state index in [4.69, 9.17) is 23.7 Å². The van der Waals surface area contributed by atoms with Crippen molar-refractivity contribution in [2.24, 2.45) is 5.41 Å². The Morgan fingerprint density at radius 3 is 2.30 bits per heavy atom. The Hall–Kier alpha value is -3.03. The number of hydrogen-bond acceptors (Lipinski definition) is 8. The fourth-order valence-corrected chi connectivity index (χ4v) is 3.64. The molecule has 8 heteroatoms. The largest absolute Gasteiger partial charge is 0.496 e. The Labute approximate surface area is 176 Å². The van der Waals surface area contributed by atoms with Crippen molar-refractivity contribution in [1.82, 2.24) is 0 Å². The topological polar surface area (TPSA) is 97.4 Å². The Morgan fingerprint density at radius 2 is 1.73 bits per heavy atom. The number of cyclic esters (lactones) is 1. The summed E-state index contributed by atoms with van der Waals surface area (Å²) in [5.74, 6) is -0.811. The van der Waals surface area contributed by atoms with Crippen molar-refractivity contribution in [3.63, 3.8) is 0 Å². The molecule has 0 unspecified atom stereocenters. The van der Waals surface area contributed by atoms with Crippen LogP contribution in [-0.2, 0) is 30.4 Å². The van der Waals surface area contributed by atoms with E-state index in [1.54, 1.807) is 12.1 Å². The lowest BCUT2D eigenvalue weighted by molar-refractivity contribution is -0.168. The number of allylic oxidation sites excluding steroid dienone is 1. The van der Waals surface area contributed by atoms with Crippen LogP contribution in [0.1, 0.15) is 48.2 Å². The first-order valence-electron chi connectivity index (χ1n) is 9.73. The van der Waals surface area contributed by atoms with Crippen LogP contribution < -0.4 is 9.47 Å². The van der Waals surface area contributed by atoms with Crippen LogP contribution in [0.5, 0.6) is 11.5 Å². The van der Waals surface area contributed by atoms with E-state index in [1.165, 1.54) is 21.3 Å². The molecule has 30 heavy (non-hydrogen) atoms. The first kappa shape index (κ1) is 23.3. The summed E-state index contributed by atoms with van der Waals surface area (Å²) in [6.45, 7) is 6.12. The van der Waals surface area contributed by atoms with Crippen molar-refractivity contribution in [1.29, 1.82) is 0 Å². The van der Waals surface area contributed by atoms with Gasteiger partial charge in [-0.25, -0.2) is 4.79 Å². The summed E-state index contributed by atoms with van der Waals surface area (Å²) >= 11 is 0. The minimum Gasteiger partial charge on any atom is -0.496 e. The van der Waals surface area contributed by atoms with Crippen LogP contribution in [0.2, 0.25) is 0 Å². The number of rotatable bonds is 6. The van der Waals surface area contributed by atoms with Crippen molar-refractivity contribution >= 4 is 17.9 Å². The molecule has 8 nitrogen and oxygen atoms in total. The number of ether oxygens (including phenoxy) is 5. The average Bonchev–Trinajstić information content (AvgIpc) is 3.39. The van der Waals surface area contributed by atoms with E-state index in [0.717, 1.165) is 16.7 Å². The van der Waals surface area contributed by atoms with Crippen LogP contribution in [0, 0.1) is 12.3 Å². The van der Waals surface area contributed by atoms with Gasteiger partial charge in [-0.05, 0) is 30.9 Å². The number of carbonyl (C=O) groups is 3. The Morgan fingerprint density at radius 1 is 1.10 bits per heavy atom. The molecule has 0 spiro atoms. The molecule has 164 valence electrons. The number of fused-ring (bicyclic) bond motifs is 1. The van der Waals surface area contributed by atoms with Gasteiger partial charge in [0.2, 0.25) is 0 Å². The zero-order chi connectivity index (χ0) is 22.5. The third-order valence-electron chi connectivity index (χ3n) is 5.24. The van der Waals surface area contributed by atoms with Gasteiger partial charge >= 0.3 is 17.9 Å². The van der Waals surface area contributed by atoms with Gasteiger partial charge in [0.15, 0.2) is 5.41 Å². The van der Waals surface area contributed by atoms with Gasteiger partial charge in [-0.3, -0.25) is 9.59 Å². The maximum absolute atomic E-state index is 12.2. The van der Waals surface area contributed by atoms with Gasteiger partial charge < -0.3 is 23.7 Å². The average molecular weight is 420 g/mol. The lowest BCUT2D eigenvalue weighted by Crippen LogP contribution is -2.39. The lowest BCUT2D eigenvalue weighted by Gasteiger charge is -2.23. The summed E-state index contributed by atoms with van der Waals surface area (Å²) in [6.07, 6.45) is 2.06. The van der Waals surface area contributed by atoms with Crippen molar-refractivity contribution in [2.45, 2.75) is 40.2 Å². The molecule has 1 aliphatic carbocycles. The first-order chi connectivity index (χ1) is 14.4. The third kappa shape index (κ3) is 3.99. The van der Waals surface area contributed by atoms with E-state index in [9.17, 15) is 14.4 Å². The second-order valence-electron chi connectivity index (χ2n) is 6.73. The van der Waals surface area contributed by atoms with Gasteiger partial charge in [0.1, 0.15) is 30.3 Å². The van der Waals surface area contributed by atoms with E-state index in [2.05, 4.69) is 0 Å². The van der Waals surface area contributed by atoms with Gasteiger partial charge in [0.25, 0.3) is 0 Å². The molecule has 0 saturated carbocycles. The van der Waals surface area contributed by atoms with E-state index in [0.29, 0.717) is 17.1 Å². The van der Waals surface area contributed by atoms with E-state index < -0.39 is 23.3 Å². The predicted molar refractivity (Wildman–Crippen MR) is 107 cm³/mol. The van der Waals surface area contributed by atoms with Crippen LogP contribution >= 0.6 is 0 Å². The summed E-state index contributed by atoms with van der Waals surface area (Å²) in [5.41, 5.74) is 1.28. The fraction of sp³-hybridized carbons (Fsp3) is 0.500. The first-order valence-corrected chi connectivity index (χ1v) is 9.73. The zero-order valence-corrected chi connectivity index (χ0v) is 18.2. The quantitative estimate of drug-likeness (QED) is 0.300.